The second-order valence-corrected chi connectivity index (χ2v) is 7.64. The molecule has 4 nitrogen and oxygen atoms in total. The van der Waals surface area contributed by atoms with E-state index in [4.69, 9.17) is 4.42 Å². The van der Waals surface area contributed by atoms with Crippen molar-refractivity contribution >= 4 is 28.4 Å². The van der Waals surface area contributed by atoms with Crippen LogP contribution in [0, 0.1) is 0 Å². The van der Waals surface area contributed by atoms with Crippen LogP contribution in [-0.4, -0.2) is 41.9 Å². The lowest BCUT2D eigenvalue weighted by Crippen LogP contribution is -2.42. The number of carbonyl (C=O) groups excluding carboxylic acids is 1. The summed E-state index contributed by atoms with van der Waals surface area (Å²) in [5.74, 6) is 3.11. The first-order chi connectivity index (χ1) is 12.8. The second-order valence-electron chi connectivity index (χ2n) is 6.42. The summed E-state index contributed by atoms with van der Waals surface area (Å²) in [6.45, 7) is 2.57. The maximum atomic E-state index is 12.9. The van der Waals surface area contributed by atoms with Crippen LogP contribution in [0.5, 0.6) is 0 Å². The topological polar surface area (TPSA) is 45.5 Å². The quantitative estimate of drug-likeness (QED) is 0.743. The molecule has 0 spiro atoms. The van der Waals surface area contributed by atoms with Gasteiger partial charge in [-0.1, -0.05) is 36.4 Å². The Bertz CT molecular complexity index is 867. The first-order valence-corrected chi connectivity index (χ1v) is 10.1. The Morgan fingerprint density at radius 1 is 1.08 bits per heavy atom. The molecule has 1 aromatic heterocycles. The van der Waals surface area contributed by atoms with Gasteiger partial charge in [-0.15, -0.1) is 0 Å². The van der Waals surface area contributed by atoms with Crippen LogP contribution in [0.1, 0.15) is 22.2 Å². The lowest BCUT2D eigenvalue weighted by atomic mass is 10.0. The largest absolute Gasteiger partial charge is 0.468 e. The third-order valence-electron chi connectivity index (χ3n) is 4.85. The Balaban J connectivity index is 1.52. The molecule has 0 aliphatic carbocycles. The number of nitrogens with zero attached hydrogens (tertiary/aromatic N) is 1. The van der Waals surface area contributed by atoms with Crippen molar-refractivity contribution in [2.24, 2.45) is 0 Å². The van der Waals surface area contributed by atoms with Crippen molar-refractivity contribution in [2.45, 2.75) is 6.04 Å². The van der Waals surface area contributed by atoms with Crippen LogP contribution in [0.3, 0.4) is 0 Å². The molecule has 1 atom stereocenters. The predicted molar refractivity (Wildman–Crippen MR) is 107 cm³/mol. The SMILES string of the molecule is O=C(NCC(c1ccco1)N1CCSCC1)c1cccc2ccccc12. The van der Waals surface area contributed by atoms with Crippen molar-refractivity contribution in [1.82, 2.24) is 10.2 Å². The van der Waals surface area contributed by atoms with Gasteiger partial charge >= 0.3 is 0 Å². The van der Waals surface area contributed by atoms with E-state index in [2.05, 4.69) is 10.2 Å². The van der Waals surface area contributed by atoms with Gasteiger partial charge in [-0.05, 0) is 29.0 Å². The molecule has 1 aliphatic heterocycles. The van der Waals surface area contributed by atoms with Crippen LogP contribution in [0.15, 0.2) is 65.3 Å². The van der Waals surface area contributed by atoms with Gasteiger partial charge in [-0.2, -0.15) is 11.8 Å². The minimum atomic E-state index is -0.0373. The number of nitrogens with one attached hydrogen (secondary N) is 1. The Morgan fingerprint density at radius 3 is 2.69 bits per heavy atom. The number of amides is 1. The van der Waals surface area contributed by atoms with Crippen molar-refractivity contribution in [3.8, 4) is 0 Å². The predicted octanol–water partition coefficient (Wildman–Crippen LogP) is 3.95. The van der Waals surface area contributed by atoms with Crippen LogP contribution in [0.25, 0.3) is 10.8 Å². The monoisotopic (exact) mass is 366 g/mol. The number of furan rings is 1. The second kappa shape index (κ2) is 7.98. The van der Waals surface area contributed by atoms with Crippen LogP contribution < -0.4 is 5.32 Å². The molecule has 3 aromatic rings. The van der Waals surface area contributed by atoms with Crippen molar-refractivity contribution in [1.29, 1.82) is 0 Å². The van der Waals surface area contributed by atoms with Crippen molar-refractivity contribution < 1.29 is 9.21 Å². The molecular formula is C21H22N2O2S. The summed E-state index contributed by atoms with van der Waals surface area (Å²) < 4.78 is 5.66. The van der Waals surface area contributed by atoms with Crippen LogP contribution >= 0.6 is 11.8 Å². The number of rotatable bonds is 5. The van der Waals surface area contributed by atoms with Gasteiger partial charge in [0.1, 0.15) is 5.76 Å². The molecular weight excluding hydrogens is 344 g/mol. The molecule has 4 rings (SSSR count). The average molecular weight is 366 g/mol. The van der Waals surface area contributed by atoms with E-state index in [9.17, 15) is 4.79 Å². The smallest absolute Gasteiger partial charge is 0.251 e. The molecule has 1 unspecified atom stereocenters. The van der Waals surface area contributed by atoms with Crippen LogP contribution in [0.4, 0.5) is 0 Å². The zero-order chi connectivity index (χ0) is 17.8. The highest BCUT2D eigenvalue weighted by Gasteiger charge is 2.25. The van der Waals surface area contributed by atoms with E-state index in [0.717, 1.165) is 46.7 Å². The number of hydrogen-bond acceptors (Lipinski definition) is 4. The average Bonchev–Trinajstić information content (AvgIpc) is 3.23. The third-order valence-corrected chi connectivity index (χ3v) is 5.79. The molecule has 134 valence electrons. The van der Waals surface area contributed by atoms with Gasteiger partial charge < -0.3 is 9.73 Å². The Kier molecular flexibility index (Phi) is 5.27. The summed E-state index contributed by atoms with van der Waals surface area (Å²) in [6.07, 6.45) is 1.70. The molecule has 0 radical (unpaired) electrons. The molecule has 2 aromatic carbocycles. The summed E-state index contributed by atoms with van der Waals surface area (Å²) in [7, 11) is 0. The molecule has 0 saturated carbocycles. The first-order valence-electron chi connectivity index (χ1n) is 8.94. The number of hydrogen-bond donors (Lipinski definition) is 1. The van der Waals surface area contributed by atoms with Crippen molar-refractivity contribution in [3.63, 3.8) is 0 Å². The highest BCUT2D eigenvalue weighted by atomic mass is 32.2. The normalized spacial score (nSPS) is 16.5. The van der Waals surface area contributed by atoms with Gasteiger partial charge in [0, 0.05) is 36.7 Å². The Hall–Kier alpha value is -2.24. The molecule has 1 aliphatic rings. The van der Waals surface area contributed by atoms with E-state index < -0.39 is 0 Å². The summed E-state index contributed by atoms with van der Waals surface area (Å²) >= 11 is 1.98. The highest BCUT2D eigenvalue weighted by Crippen LogP contribution is 2.24. The van der Waals surface area contributed by atoms with E-state index in [0.29, 0.717) is 6.54 Å². The molecule has 1 amide bonds. The van der Waals surface area contributed by atoms with E-state index >= 15 is 0 Å². The van der Waals surface area contributed by atoms with Gasteiger partial charge in [0.15, 0.2) is 0 Å². The fourth-order valence-electron chi connectivity index (χ4n) is 3.49. The number of benzene rings is 2. The Labute approximate surface area is 157 Å². The van der Waals surface area contributed by atoms with Crippen molar-refractivity contribution in [2.75, 3.05) is 31.1 Å². The molecule has 1 N–H and O–H groups in total. The first kappa shape index (κ1) is 17.2. The van der Waals surface area contributed by atoms with Gasteiger partial charge in [0.25, 0.3) is 5.91 Å². The summed E-state index contributed by atoms with van der Waals surface area (Å²) in [4.78, 5) is 15.3. The van der Waals surface area contributed by atoms with E-state index in [-0.39, 0.29) is 11.9 Å². The van der Waals surface area contributed by atoms with Crippen LogP contribution in [0.2, 0.25) is 0 Å². The molecule has 1 fully saturated rings. The van der Waals surface area contributed by atoms with Gasteiger partial charge in [-0.25, -0.2) is 0 Å². The van der Waals surface area contributed by atoms with Crippen molar-refractivity contribution in [3.05, 3.63) is 72.2 Å². The Morgan fingerprint density at radius 2 is 1.88 bits per heavy atom. The minimum absolute atomic E-state index is 0.0373. The fourth-order valence-corrected chi connectivity index (χ4v) is 4.42. The molecule has 5 heteroatoms. The van der Waals surface area contributed by atoms with Gasteiger partial charge in [-0.3, -0.25) is 9.69 Å². The zero-order valence-electron chi connectivity index (χ0n) is 14.6. The number of thioether (sulfide) groups is 1. The number of carbonyl (C=O) groups is 1. The lowest BCUT2D eigenvalue weighted by Gasteiger charge is -2.33. The van der Waals surface area contributed by atoms with E-state index in [1.54, 1.807) is 6.26 Å². The highest BCUT2D eigenvalue weighted by molar-refractivity contribution is 7.99. The van der Waals surface area contributed by atoms with Gasteiger partial charge in [0.2, 0.25) is 0 Å². The van der Waals surface area contributed by atoms with Crippen LogP contribution in [-0.2, 0) is 0 Å². The maximum Gasteiger partial charge on any atom is 0.251 e. The third kappa shape index (κ3) is 3.64. The summed E-state index contributed by atoms with van der Waals surface area (Å²) in [6, 6.07) is 17.8. The standard InChI is InChI=1S/C21H22N2O2S/c24-21(18-8-3-6-16-5-1-2-7-17(16)18)22-15-19(20-9-4-12-25-20)23-10-13-26-14-11-23/h1-9,12,19H,10-11,13-15H2,(H,22,24). The van der Waals surface area contributed by atoms with E-state index in [1.807, 2.05) is 66.4 Å². The molecule has 26 heavy (non-hydrogen) atoms. The lowest BCUT2D eigenvalue weighted by molar-refractivity contribution is 0.0931. The molecule has 1 saturated heterocycles. The van der Waals surface area contributed by atoms with Gasteiger partial charge in [0.05, 0.1) is 12.3 Å². The maximum absolute atomic E-state index is 12.9. The zero-order valence-corrected chi connectivity index (χ0v) is 15.4. The summed E-state index contributed by atoms with van der Waals surface area (Å²) in [5, 5.41) is 5.19. The molecule has 2 heterocycles. The summed E-state index contributed by atoms with van der Waals surface area (Å²) in [5.41, 5.74) is 0.718. The van der Waals surface area contributed by atoms with E-state index in [1.165, 1.54) is 0 Å². The molecule has 0 bridgehead atoms. The number of fused-ring (bicyclic) bond motifs is 1. The fraction of sp³-hybridized carbons (Fsp3) is 0.286. The minimum Gasteiger partial charge on any atom is -0.468 e.